The van der Waals surface area contributed by atoms with Crippen LogP contribution >= 0.6 is 0 Å². The lowest BCUT2D eigenvalue weighted by Gasteiger charge is -2.26. The molecular formula is C27H26N6O2. The Kier molecular flexibility index (Phi) is 6.26. The standard InChI is InChI=1S/C27H26N6O2/c28-15-18-13-20(11-12-23(18)29)31-27-22-9-1-2-10-24(22)32-26(33-27)17-5-3-8-21(14-17)35-16-25(34)30-19-6-4-7-19/h1-3,5,8-15,19,28H,4,6-7,16,29H2,(H,30,34)(H,31,32,33). The number of carbonyl (C=O) groups excluding carboxylic acids is 1. The van der Waals surface area contributed by atoms with Crippen LogP contribution in [0.4, 0.5) is 17.2 Å². The molecule has 1 fully saturated rings. The van der Waals surface area contributed by atoms with Crippen LogP contribution < -0.4 is 21.1 Å². The topological polar surface area (TPSA) is 126 Å². The molecule has 0 aliphatic heterocycles. The first-order valence-corrected chi connectivity index (χ1v) is 11.6. The van der Waals surface area contributed by atoms with E-state index in [0.29, 0.717) is 28.6 Å². The van der Waals surface area contributed by atoms with Gasteiger partial charge in [-0.25, -0.2) is 9.97 Å². The summed E-state index contributed by atoms with van der Waals surface area (Å²) in [5.74, 6) is 1.63. The number of hydrogen-bond donors (Lipinski definition) is 4. The number of amides is 1. The van der Waals surface area contributed by atoms with Crippen molar-refractivity contribution >= 4 is 40.2 Å². The number of para-hydroxylation sites is 1. The Morgan fingerprint density at radius 1 is 1.09 bits per heavy atom. The summed E-state index contributed by atoms with van der Waals surface area (Å²) in [4.78, 5) is 21.7. The first kappa shape index (κ1) is 22.3. The summed E-state index contributed by atoms with van der Waals surface area (Å²) in [6.45, 7) is -0.0299. The Bertz CT molecular complexity index is 1400. The molecule has 8 nitrogen and oxygen atoms in total. The number of benzene rings is 3. The van der Waals surface area contributed by atoms with Crippen LogP contribution in [0.25, 0.3) is 22.3 Å². The van der Waals surface area contributed by atoms with Gasteiger partial charge in [0.05, 0.1) is 5.52 Å². The molecule has 1 aliphatic rings. The Morgan fingerprint density at radius 2 is 1.94 bits per heavy atom. The third-order valence-electron chi connectivity index (χ3n) is 6.04. The molecule has 3 aromatic carbocycles. The van der Waals surface area contributed by atoms with E-state index in [9.17, 15) is 4.79 Å². The zero-order valence-electron chi connectivity index (χ0n) is 19.1. The molecule has 35 heavy (non-hydrogen) atoms. The van der Waals surface area contributed by atoms with Gasteiger partial charge in [-0.05, 0) is 61.7 Å². The van der Waals surface area contributed by atoms with E-state index >= 15 is 0 Å². The van der Waals surface area contributed by atoms with Gasteiger partial charge in [-0.15, -0.1) is 0 Å². The smallest absolute Gasteiger partial charge is 0.258 e. The van der Waals surface area contributed by atoms with Crippen molar-refractivity contribution in [3.63, 3.8) is 0 Å². The van der Waals surface area contributed by atoms with Crippen molar-refractivity contribution in [2.24, 2.45) is 0 Å². The number of ether oxygens (including phenoxy) is 1. The lowest BCUT2D eigenvalue weighted by atomic mass is 9.93. The fourth-order valence-electron chi connectivity index (χ4n) is 3.91. The molecule has 1 saturated carbocycles. The van der Waals surface area contributed by atoms with Gasteiger partial charge in [0, 0.05) is 40.1 Å². The van der Waals surface area contributed by atoms with Gasteiger partial charge >= 0.3 is 0 Å². The molecule has 5 N–H and O–H groups in total. The van der Waals surface area contributed by atoms with Crippen LogP contribution in [-0.2, 0) is 4.79 Å². The normalized spacial score (nSPS) is 13.1. The maximum atomic E-state index is 12.1. The molecule has 5 rings (SSSR count). The summed E-state index contributed by atoms with van der Waals surface area (Å²) in [5.41, 5.74) is 9.42. The molecule has 176 valence electrons. The van der Waals surface area contributed by atoms with Gasteiger partial charge in [0.2, 0.25) is 0 Å². The summed E-state index contributed by atoms with van der Waals surface area (Å²) in [7, 11) is 0. The van der Waals surface area contributed by atoms with E-state index in [1.54, 1.807) is 6.07 Å². The van der Waals surface area contributed by atoms with E-state index in [0.717, 1.165) is 35.0 Å². The number of carbonyl (C=O) groups is 1. The van der Waals surface area contributed by atoms with Crippen molar-refractivity contribution in [3.05, 3.63) is 72.3 Å². The number of fused-ring (bicyclic) bond motifs is 1. The van der Waals surface area contributed by atoms with E-state index in [1.165, 1.54) is 12.6 Å². The van der Waals surface area contributed by atoms with Crippen molar-refractivity contribution in [3.8, 4) is 17.1 Å². The van der Waals surface area contributed by atoms with E-state index in [-0.39, 0.29) is 18.6 Å². The van der Waals surface area contributed by atoms with Crippen LogP contribution in [0.3, 0.4) is 0 Å². The molecule has 0 unspecified atom stereocenters. The van der Waals surface area contributed by atoms with Gasteiger partial charge in [0.25, 0.3) is 5.91 Å². The summed E-state index contributed by atoms with van der Waals surface area (Å²) < 4.78 is 5.73. The maximum absolute atomic E-state index is 12.1. The molecule has 1 aromatic heterocycles. The fraction of sp³-hybridized carbons (Fsp3) is 0.185. The summed E-state index contributed by atoms with van der Waals surface area (Å²) in [6, 6.07) is 20.9. The summed E-state index contributed by atoms with van der Waals surface area (Å²) in [5, 5.41) is 14.8. The van der Waals surface area contributed by atoms with E-state index < -0.39 is 0 Å². The quantitative estimate of drug-likeness (QED) is 0.221. The number of nitrogens with one attached hydrogen (secondary N) is 3. The highest BCUT2D eigenvalue weighted by Crippen LogP contribution is 2.29. The minimum atomic E-state index is -0.110. The predicted molar refractivity (Wildman–Crippen MR) is 138 cm³/mol. The second-order valence-electron chi connectivity index (χ2n) is 8.54. The monoisotopic (exact) mass is 466 g/mol. The lowest BCUT2D eigenvalue weighted by Crippen LogP contribution is -2.41. The maximum Gasteiger partial charge on any atom is 0.258 e. The molecule has 1 amide bonds. The van der Waals surface area contributed by atoms with Crippen LogP contribution in [0.5, 0.6) is 5.75 Å². The van der Waals surface area contributed by atoms with Gasteiger partial charge in [-0.1, -0.05) is 24.3 Å². The zero-order valence-corrected chi connectivity index (χ0v) is 19.1. The number of nitrogens with zero attached hydrogens (tertiary/aromatic N) is 2. The minimum absolute atomic E-state index is 0.0299. The van der Waals surface area contributed by atoms with Crippen molar-refractivity contribution < 1.29 is 9.53 Å². The van der Waals surface area contributed by atoms with Crippen LogP contribution in [0, 0.1) is 5.41 Å². The van der Waals surface area contributed by atoms with E-state index in [4.69, 9.17) is 25.8 Å². The molecule has 0 saturated heterocycles. The number of rotatable bonds is 8. The highest BCUT2D eigenvalue weighted by atomic mass is 16.5. The number of anilines is 3. The average molecular weight is 467 g/mol. The highest BCUT2D eigenvalue weighted by Gasteiger charge is 2.19. The second-order valence-corrected chi connectivity index (χ2v) is 8.54. The number of nitrogen functional groups attached to an aromatic ring is 1. The number of nitrogens with two attached hydrogens (primary N) is 1. The second kappa shape index (κ2) is 9.80. The molecule has 4 aromatic rings. The Morgan fingerprint density at radius 3 is 2.74 bits per heavy atom. The third-order valence-corrected chi connectivity index (χ3v) is 6.04. The average Bonchev–Trinajstić information content (AvgIpc) is 2.86. The van der Waals surface area contributed by atoms with Crippen LogP contribution in [-0.4, -0.2) is 34.7 Å². The predicted octanol–water partition coefficient (Wildman–Crippen LogP) is 4.67. The van der Waals surface area contributed by atoms with Gasteiger partial charge in [0.15, 0.2) is 12.4 Å². The molecule has 0 radical (unpaired) electrons. The number of aromatic nitrogens is 2. The Balaban J connectivity index is 1.42. The third kappa shape index (κ3) is 5.06. The molecular weight excluding hydrogens is 440 g/mol. The summed E-state index contributed by atoms with van der Waals surface area (Å²) in [6.07, 6.45) is 4.46. The van der Waals surface area contributed by atoms with E-state index in [2.05, 4.69) is 10.6 Å². The lowest BCUT2D eigenvalue weighted by molar-refractivity contribution is -0.124. The van der Waals surface area contributed by atoms with Gasteiger partial charge in [0.1, 0.15) is 11.6 Å². The largest absolute Gasteiger partial charge is 0.484 e. The number of hydrogen-bond acceptors (Lipinski definition) is 7. The van der Waals surface area contributed by atoms with Gasteiger partial charge < -0.3 is 26.5 Å². The first-order valence-electron chi connectivity index (χ1n) is 11.6. The van der Waals surface area contributed by atoms with Crippen molar-refractivity contribution in [1.82, 2.24) is 15.3 Å². The fourth-order valence-corrected chi connectivity index (χ4v) is 3.91. The first-order chi connectivity index (χ1) is 17.1. The minimum Gasteiger partial charge on any atom is -0.484 e. The molecule has 1 aliphatic carbocycles. The Hall–Kier alpha value is -4.46. The van der Waals surface area contributed by atoms with E-state index in [1.807, 2.05) is 60.7 Å². The highest BCUT2D eigenvalue weighted by molar-refractivity contribution is 5.93. The zero-order chi connectivity index (χ0) is 24.2. The molecule has 1 heterocycles. The SMILES string of the molecule is N=Cc1cc(Nc2nc(-c3cccc(OCC(=O)NC4CCC4)c3)nc3ccccc23)ccc1N. The van der Waals surface area contributed by atoms with Crippen molar-refractivity contribution in [2.75, 3.05) is 17.7 Å². The van der Waals surface area contributed by atoms with Crippen molar-refractivity contribution in [1.29, 1.82) is 5.41 Å². The molecule has 0 bridgehead atoms. The van der Waals surface area contributed by atoms with Gasteiger partial charge in [-0.3, -0.25) is 4.79 Å². The summed E-state index contributed by atoms with van der Waals surface area (Å²) >= 11 is 0. The van der Waals surface area contributed by atoms with Crippen LogP contribution in [0.15, 0.2) is 66.7 Å². The van der Waals surface area contributed by atoms with Gasteiger partial charge in [-0.2, -0.15) is 0 Å². The Labute approximate surface area is 203 Å². The van der Waals surface area contributed by atoms with Crippen molar-refractivity contribution in [2.45, 2.75) is 25.3 Å². The molecule has 0 spiro atoms. The molecule has 8 heteroatoms. The van der Waals surface area contributed by atoms with Crippen LogP contribution in [0.2, 0.25) is 0 Å². The molecule has 0 atom stereocenters. The van der Waals surface area contributed by atoms with Crippen LogP contribution in [0.1, 0.15) is 24.8 Å².